The predicted octanol–water partition coefficient (Wildman–Crippen LogP) is 3.28. The standard InChI is InChI=1S/C17H16ClFN4O3/c18-11-8-10(4-5-12(11)19)14-20-13(26-22-14)9-23-15(24)17(21-16(23)25)6-2-1-3-7-17/h4-5,8H,1-3,6-7,9H2,(H,21,25). The van der Waals surface area contributed by atoms with Crippen molar-refractivity contribution in [3.8, 4) is 11.4 Å². The normalized spacial score (nSPS) is 19.2. The van der Waals surface area contributed by atoms with Gasteiger partial charge in [0, 0.05) is 5.56 Å². The molecule has 1 saturated heterocycles. The molecule has 1 aliphatic carbocycles. The lowest BCUT2D eigenvalue weighted by atomic mass is 9.82. The molecule has 2 fully saturated rings. The number of urea groups is 1. The van der Waals surface area contributed by atoms with Crippen LogP contribution >= 0.6 is 11.6 Å². The summed E-state index contributed by atoms with van der Waals surface area (Å²) in [6.45, 7) is -0.103. The van der Waals surface area contributed by atoms with Gasteiger partial charge < -0.3 is 9.84 Å². The molecule has 26 heavy (non-hydrogen) atoms. The predicted molar refractivity (Wildman–Crippen MR) is 89.6 cm³/mol. The van der Waals surface area contributed by atoms with Crippen LogP contribution in [0.25, 0.3) is 11.4 Å². The van der Waals surface area contributed by atoms with Gasteiger partial charge in [-0.1, -0.05) is 36.0 Å². The highest BCUT2D eigenvalue weighted by Gasteiger charge is 2.51. The Hall–Kier alpha value is -2.48. The lowest BCUT2D eigenvalue weighted by Crippen LogP contribution is -2.48. The monoisotopic (exact) mass is 378 g/mol. The number of hydrogen-bond donors (Lipinski definition) is 1. The number of carbonyl (C=O) groups excluding carboxylic acids is 2. The second kappa shape index (κ2) is 6.35. The SMILES string of the molecule is O=C1NC2(CCCCC2)C(=O)N1Cc1nc(-c2ccc(F)c(Cl)c2)no1. The first-order valence-electron chi connectivity index (χ1n) is 8.41. The largest absolute Gasteiger partial charge is 0.337 e. The molecule has 2 aromatic rings. The van der Waals surface area contributed by atoms with Crippen LogP contribution in [0.15, 0.2) is 22.7 Å². The number of imide groups is 1. The summed E-state index contributed by atoms with van der Waals surface area (Å²) in [6.07, 6.45) is 4.19. The van der Waals surface area contributed by atoms with Gasteiger partial charge in [0.2, 0.25) is 11.7 Å². The van der Waals surface area contributed by atoms with Crippen LogP contribution in [0.5, 0.6) is 0 Å². The molecule has 0 atom stereocenters. The van der Waals surface area contributed by atoms with Crippen molar-refractivity contribution in [1.29, 1.82) is 0 Å². The number of amides is 3. The number of hydrogen-bond acceptors (Lipinski definition) is 5. The third-order valence-corrected chi connectivity index (χ3v) is 5.18. The van der Waals surface area contributed by atoms with E-state index in [9.17, 15) is 14.0 Å². The zero-order valence-electron chi connectivity index (χ0n) is 13.8. The van der Waals surface area contributed by atoms with Crippen LogP contribution in [-0.4, -0.2) is 32.5 Å². The number of nitrogens with zero attached hydrogens (tertiary/aromatic N) is 3. The Morgan fingerprint density at radius 2 is 2.04 bits per heavy atom. The van der Waals surface area contributed by atoms with Gasteiger partial charge in [0.1, 0.15) is 17.9 Å². The molecule has 1 aromatic heterocycles. The molecule has 0 bridgehead atoms. The van der Waals surface area contributed by atoms with E-state index in [-0.39, 0.29) is 29.2 Å². The fourth-order valence-corrected chi connectivity index (χ4v) is 3.70. The van der Waals surface area contributed by atoms with E-state index < -0.39 is 17.4 Å². The molecular weight excluding hydrogens is 363 g/mol. The van der Waals surface area contributed by atoms with E-state index in [1.54, 1.807) is 0 Å². The Balaban J connectivity index is 1.53. The van der Waals surface area contributed by atoms with Crippen molar-refractivity contribution in [1.82, 2.24) is 20.4 Å². The molecule has 1 saturated carbocycles. The summed E-state index contributed by atoms with van der Waals surface area (Å²) in [5.41, 5.74) is -0.310. The molecule has 1 N–H and O–H groups in total. The van der Waals surface area contributed by atoms with E-state index in [0.29, 0.717) is 18.4 Å². The smallest absolute Gasteiger partial charge is 0.325 e. The van der Waals surface area contributed by atoms with Gasteiger partial charge in [0.05, 0.1) is 5.02 Å². The molecule has 9 heteroatoms. The van der Waals surface area contributed by atoms with Crippen molar-refractivity contribution < 1.29 is 18.5 Å². The van der Waals surface area contributed by atoms with E-state index in [4.69, 9.17) is 16.1 Å². The van der Waals surface area contributed by atoms with Gasteiger partial charge >= 0.3 is 6.03 Å². The molecule has 1 spiro atoms. The number of aromatic nitrogens is 2. The molecule has 2 aliphatic rings. The Morgan fingerprint density at radius 3 is 2.77 bits per heavy atom. The zero-order valence-corrected chi connectivity index (χ0v) is 14.6. The van der Waals surface area contributed by atoms with Crippen molar-refractivity contribution in [2.45, 2.75) is 44.2 Å². The van der Waals surface area contributed by atoms with Crippen molar-refractivity contribution in [3.05, 3.63) is 34.9 Å². The van der Waals surface area contributed by atoms with Crippen molar-refractivity contribution >= 4 is 23.5 Å². The molecule has 7 nitrogen and oxygen atoms in total. The molecular formula is C17H16ClFN4O3. The number of nitrogens with one attached hydrogen (secondary N) is 1. The third kappa shape index (κ3) is 2.84. The summed E-state index contributed by atoms with van der Waals surface area (Å²) in [4.78, 5) is 30.3. The van der Waals surface area contributed by atoms with E-state index in [0.717, 1.165) is 24.2 Å². The quantitative estimate of drug-likeness (QED) is 0.828. The molecule has 3 amide bonds. The first kappa shape index (κ1) is 17.0. The average Bonchev–Trinajstić information content (AvgIpc) is 3.18. The van der Waals surface area contributed by atoms with Crippen LogP contribution in [0, 0.1) is 5.82 Å². The first-order valence-corrected chi connectivity index (χ1v) is 8.78. The minimum absolute atomic E-state index is 0.0535. The first-order chi connectivity index (χ1) is 12.5. The number of benzene rings is 1. The lowest BCUT2D eigenvalue weighted by Gasteiger charge is -2.30. The van der Waals surface area contributed by atoms with Crippen molar-refractivity contribution in [2.24, 2.45) is 0 Å². The summed E-state index contributed by atoms with van der Waals surface area (Å²) < 4.78 is 18.4. The summed E-state index contributed by atoms with van der Waals surface area (Å²) in [7, 11) is 0. The van der Waals surface area contributed by atoms with E-state index >= 15 is 0 Å². The molecule has 1 aliphatic heterocycles. The molecule has 4 rings (SSSR count). The Morgan fingerprint density at radius 1 is 1.27 bits per heavy atom. The second-order valence-corrected chi connectivity index (χ2v) is 7.01. The fraction of sp³-hybridized carbons (Fsp3) is 0.412. The van der Waals surface area contributed by atoms with Crippen LogP contribution in [0.3, 0.4) is 0 Å². The molecule has 0 radical (unpaired) electrons. The minimum atomic E-state index is -0.789. The van der Waals surface area contributed by atoms with Crippen LogP contribution in [-0.2, 0) is 11.3 Å². The Labute approximate surface area is 153 Å². The molecule has 1 aromatic carbocycles. The fourth-order valence-electron chi connectivity index (χ4n) is 3.52. The summed E-state index contributed by atoms with van der Waals surface area (Å²) >= 11 is 5.76. The van der Waals surface area contributed by atoms with Gasteiger partial charge in [-0.15, -0.1) is 0 Å². The molecule has 2 heterocycles. The molecule has 136 valence electrons. The highest BCUT2D eigenvalue weighted by atomic mass is 35.5. The summed E-state index contributed by atoms with van der Waals surface area (Å²) in [6, 6.07) is 3.62. The maximum absolute atomic E-state index is 13.3. The van der Waals surface area contributed by atoms with Gasteiger partial charge in [-0.2, -0.15) is 4.98 Å². The maximum Gasteiger partial charge on any atom is 0.325 e. The third-order valence-electron chi connectivity index (χ3n) is 4.89. The highest BCUT2D eigenvalue weighted by Crippen LogP contribution is 2.34. The highest BCUT2D eigenvalue weighted by molar-refractivity contribution is 6.31. The van der Waals surface area contributed by atoms with Crippen LogP contribution < -0.4 is 5.32 Å². The zero-order chi connectivity index (χ0) is 18.3. The van der Waals surface area contributed by atoms with Crippen molar-refractivity contribution in [3.63, 3.8) is 0 Å². The van der Waals surface area contributed by atoms with Gasteiger partial charge in [-0.3, -0.25) is 9.69 Å². The Bertz CT molecular complexity index is 879. The maximum atomic E-state index is 13.3. The van der Waals surface area contributed by atoms with Gasteiger partial charge in [0.25, 0.3) is 5.91 Å². The second-order valence-electron chi connectivity index (χ2n) is 6.60. The number of carbonyl (C=O) groups is 2. The van der Waals surface area contributed by atoms with Crippen molar-refractivity contribution in [2.75, 3.05) is 0 Å². The van der Waals surface area contributed by atoms with Crippen LogP contribution in [0.2, 0.25) is 5.02 Å². The Kier molecular flexibility index (Phi) is 4.14. The van der Waals surface area contributed by atoms with Crippen LogP contribution in [0.1, 0.15) is 38.0 Å². The van der Waals surface area contributed by atoms with Crippen LogP contribution in [0.4, 0.5) is 9.18 Å². The lowest BCUT2D eigenvalue weighted by molar-refractivity contribution is -0.133. The van der Waals surface area contributed by atoms with Gasteiger partial charge in [-0.05, 0) is 31.0 Å². The van der Waals surface area contributed by atoms with Gasteiger partial charge in [-0.25, -0.2) is 9.18 Å². The number of halogens is 2. The van der Waals surface area contributed by atoms with E-state index in [1.165, 1.54) is 18.2 Å². The van der Waals surface area contributed by atoms with Gasteiger partial charge in [0.15, 0.2) is 0 Å². The summed E-state index contributed by atoms with van der Waals surface area (Å²) in [5.74, 6) is -0.457. The molecule has 0 unspecified atom stereocenters. The van der Waals surface area contributed by atoms with E-state index in [1.807, 2.05) is 0 Å². The summed E-state index contributed by atoms with van der Waals surface area (Å²) in [5, 5.41) is 6.59. The van der Waals surface area contributed by atoms with E-state index in [2.05, 4.69) is 15.5 Å². The number of rotatable bonds is 3. The average molecular weight is 379 g/mol. The topological polar surface area (TPSA) is 88.3 Å². The minimum Gasteiger partial charge on any atom is -0.337 e.